The van der Waals surface area contributed by atoms with Gasteiger partial charge in [-0.05, 0) is 12.5 Å². The first-order valence-electron chi connectivity index (χ1n) is 8.30. The Balaban J connectivity index is 2.01. The SMILES string of the molecule is CC(O)CNS(=O)(=O)c1cn(Cc2ccccc2)nc1-c1ccccc1. The minimum atomic E-state index is -3.80. The van der Waals surface area contributed by atoms with Gasteiger partial charge in [0, 0.05) is 18.3 Å². The van der Waals surface area contributed by atoms with Crippen LogP contribution in [0.5, 0.6) is 0 Å². The summed E-state index contributed by atoms with van der Waals surface area (Å²) in [5.74, 6) is 0. The standard InChI is InChI=1S/C19H21N3O3S/c1-15(23)12-20-26(24,25)18-14-22(13-16-8-4-2-5-9-16)21-19(18)17-10-6-3-7-11-17/h2-11,14-15,20,23H,12-13H2,1H3. The van der Waals surface area contributed by atoms with Crippen molar-refractivity contribution in [1.29, 1.82) is 0 Å². The van der Waals surface area contributed by atoms with Crippen molar-refractivity contribution in [2.24, 2.45) is 0 Å². The number of aliphatic hydroxyl groups excluding tert-OH is 1. The van der Waals surface area contributed by atoms with Crippen LogP contribution in [0.1, 0.15) is 12.5 Å². The number of hydrogen-bond acceptors (Lipinski definition) is 4. The van der Waals surface area contributed by atoms with Gasteiger partial charge in [-0.25, -0.2) is 13.1 Å². The van der Waals surface area contributed by atoms with Gasteiger partial charge in [0.2, 0.25) is 10.0 Å². The van der Waals surface area contributed by atoms with Gasteiger partial charge < -0.3 is 5.11 Å². The first kappa shape index (κ1) is 18.3. The molecule has 3 aromatic rings. The zero-order valence-electron chi connectivity index (χ0n) is 14.4. The van der Waals surface area contributed by atoms with Gasteiger partial charge in [-0.3, -0.25) is 4.68 Å². The molecule has 1 atom stereocenters. The minimum Gasteiger partial charge on any atom is -0.392 e. The van der Waals surface area contributed by atoms with Crippen LogP contribution in [0.2, 0.25) is 0 Å². The molecular weight excluding hydrogens is 350 g/mol. The average molecular weight is 371 g/mol. The molecule has 0 fully saturated rings. The largest absolute Gasteiger partial charge is 0.392 e. The van der Waals surface area contributed by atoms with Gasteiger partial charge in [0.15, 0.2) is 0 Å². The lowest BCUT2D eigenvalue weighted by Crippen LogP contribution is -2.30. The van der Waals surface area contributed by atoms with Crippen molar-refractivity contribution in [3.8, 4) is 11.3 Å². The molecular formula is C19H21N3O3S. The highest BCUT2D eigenvalue weighted by molar-refractivity contribution is 7.89. The quantitative estimate of drug-likeness (QED) is 0.667. The van der Waals surface area contributed by atoms with E-state index in [0.717, 1.165) is 11.1 Å². The van der Waals surface area contributed by atoms with Crippen LogP contribution in [0.4, 0.5) is 0 Å². The van der Waals surface area contributed by atoms with Crippen LogP contribution in [0.15, 0.2) is 71.8 Å². The number of sulfonamides is 1. The lowest BCUT2D eigenvalue weighted by atomic mass is 10.2. The predicted molar refractivity (Wildman–Crippen MR) is 100 cm³/mol. The second kappa shape index (κ2) is 7.82. The number of aliphatic hydroxyl groups is 1. The fourth-order valence-corrected chi connectivity index (χ4v) is 3.85. The molecule has 0 bridgehead atoms. The molecule has 1 unspecified atom stereocenters. The lowest BCUT2D eigenvalue weighted by Gasteiger charge is -2.08. The van der Waals surface area contributed by atoms with Gasteiger partial charge in [-0.2, -0.15) is 5.10 Å². The summed E-state index contributed by atoms with van der Waals surface area (Å²) in [4.78, 5) is 0.0975. The maximum absolute atomic E-state index is 12.7. The second-order valence-corrected chi connectivity index (χ2v) is 7.83. The third kappa shape index (κ3) is 4.37. The molecule has 0 aliphatic heterocycles. The number of rotatable bonds is 7. The number of benzene rings is 2. The molecule has 1 heterocycles. The molecule has 0 spiro atoms. The molecule has 2 N–H and O–H groups in total. The Morgan fingerprint density at radius 2 is 1.69 bits per heavy atom. The van der Waals surface area contributed by atoms with E-state index >= 15 is 0 Å². The van der Waals surface area contributed by atoms with E-state index in [1.807, 2.05) is 60.7 Å². The summed E-state index contributed by atoms with van der Waals surface area (Å²) in [6, 6.07) is 18.9. The maximum atomic E-state index is 12.7. The summed E-state index contributed by atoms with van der Waals surface area (Å²) in [7, 11) is -3.80. The van der Waals surface area contributed by atoms with E-state index in [9.17, 15) is 13.5 Å². The van der Waals surface area contributed by atoms with Gasteiger partial charge in [-0.1, -0.05) is 60.7 Å². The van der Waals surface area contributed by atoms with Gasteiger partial charge in [0.05, 0.1) is 12.6 Å². The third-order valence-corrected chi connectivity index (χ3v) is 5.25. The molecule has 0 amide bonds. The van der Waals surface area contributed by atoms with Gasteiger partial charge >= 0.3 is 0 Å². The van der Waals surface area contributed by atoms with Crippen LogP contribution in [0.3, 0.4) is 0 Å². The summed E-state index contributed by atoms with van der Waals surface area (Å²) in [5, 5.41) is 13.9. The van der Waals surface area contributed by atoms with E-state index < -0.39 is 16.1 Å². The summed E-state index contributed by atoms with van der Waals surface area (Å²) < 4.78 is 29.5. The van der Waals surface area contributed by atoms with Crippen molar-refractivity contribution in [3.63, 3.8) is 0 Å². The number of hydrogen-bond donors (Lipinski definition) is 2. The van der Waals surface area contributed by atoms with Gasteiger partial charge in [0.1, 0.15) is 10.6 Å². The molecule has 1 aromatic heterocycles. The Hall–Kier alpha value is -2.48. The zero-order chi connectivity index (χ0) is 18.6. The summed E-state index contributed by atoms with van der Waals surface area (Å²) in [6.07, 6.45) is 0.754. The van der Waals surface area contributed by atoms with E-state index in [1.165, 1.54) is 13.1 Å². The van der Waals surface area contributed by atoms with Crippen molar-refractivity contribution < 1.29 is 13.5 Å². The topological polar surface area (TPSA) is 84.2 Å². The Morgan fingerprint density at radius 1 is 1.08 bits per heavy atom. The monoisotopic (exact) mass is 371 g/mol. The molecule has 0 radical (unpaired) electrons. The number of nitrogens with one attached hydrogen (secondary N) is 1. The molecule has 0 saturated carbocycles. The third-order valence-electron chi connectivity index (χ3n) is 3.82. The van der Waals surface area contributed by atoms with Crippen LogP contribution in [0, 0.1) is 0 Å². The van der Waals surface area contributed by atoms with E-state index in [4.69, 9.17) is 0 Å². The first-order valence-corrected chi connectivity index (χ1v) is 9.78. The molecule has 6 nitrogen and oxygen atoms in total. The van der Waals surface area contributed by atoms with Crippen molar-refractivity contribution in [1.82, 2.24) is 14.5 Å². The molecule has 2 aromatic carbocycles. The Morgan fingerprint density at radius 3 is 2.31 bits per heavy atom. The van der Waals surface area contributed by atoms with Crippen molar-refractivity contribution in [2.75, 3.05) is 6.54 Å². The van der Waals surface area contributed by atoms with Crippen molar-refractivity contribution in [3.05, 3.63) is 72.4 Å². The fourth-order valence-electron chi connectivity index (χ4n) is 2.56. The van der Waals surface area contributed by atoms with E-state index in [1.54, 1.807) is 4.68 Å². The Labute approximate surface area is 153 Å². The van der Waals surface area contributed by atoms with Crippen molar-refractivity contribution in [2.45, 2.75) is 24.5 Å². The minimum absolute atomic E-state index is 0.0551. The summed E-state index contributed by atoms with van der Waals surface area (Å²) in [6.45, 7) is 1.94. The molecule has 0 saturated heterocycles. The van der Waals surface area contributed by atoms with E-state index in [-0.39, 0.29) is 11.4 Å². The van der Waals surface area contributed by atoms with Crippen molar-refractivity contribution >= 4 is 10.0 Å². The zero-order valence-corrected chi connectivity index (χ0v) is 15.2. The van der Waals surface area contributed by atoms with Gasteiger partial charge in [-0.15, -0.1) is 0 Å². The predicted octanol–water partition coefficient (Wildman–Crippen LogP) is 2.26. The van der Waals surface area contributed by atoms with Crippen LogP contribution < -0.4 is 4.72 Å². The Kier molecular flexibility index (Phi) is 5.51. The van der Waals surface area contributed by atoms with Crippen LogP contribution in [-0.4, -0.2) is 36.0 Å². The molecule has 26 heavy (non-hydrogen) atoms. The maximum Gasteiger partial charge on any atom is 0.244 e. The van der Waals surface area contributed by atoms with E-state index in [0.29, 0.717) is 12.2 Å². The molecule has 7 heteroatoms. The van der Waals surface area contributed by atoms with E-state index in [2.05, 4.69) is 9.82 Å². The average Bonchev–Trinajstić information content (AvgIpc) is 3.06. The first-order chi connectivity index (χ1) is 12.5. The second-order valence-electron chi connectivity index (χ2n) is 6.09. The normalized spacial score (nSPS) is 12.8. The Bertz CT molecular complexity index is 952. The van der Waals surface area contributed by atoms with Crippen LogP contribution in [-0.2, 0) is 16.6 Å². The number of nitrogens with zero attached hydrogens (tertiary/aromatic N) is 2. The molecule has 0 aliphatic rings. The smallest absolute Gasteiger partial charge is 0.244 e. The van der Waals surface area contributed by atoms with Gasteiger partial charge in [0.25, 0.3) is 0 Å². The molecule has 3 rings (SSSR count). The molecule has 0 aliphatic carbocycles. The van der Waals surface area contributed by atoms with Crippen LogP contribution in [0.25, 0.3) is 11.3 Å². The van der Waals surface area contributed by atoms with Crippen LogP contribution >= 0.6 is 0 Å². The summed E-state index contributed by atoms with van der Waals surface area (Å²) in [5.41, 5.74) is 2.13. The lowest BCUT2D eigenvalue weighted by molar-refractivity contribution is 0.198. The highest BCUT2D eigenvalue weighted by Crippen LogP contribution is 2.26. The highest BCUT2D eigenvalue weighted by atomic mass is 32.2. The highest BCUT2D eigenvalue weighted by Gasteiger charge is 2.24. The fraction of sp³-hybridized carbons (Fsp3) is 0.211. The molecule has 136 valence electrons. The summed E-state index contributed by atoms with van der Waals surface area (Å²) >= 11 is 0. The number of aromatic nitrogens is 2.